The molecule has 0 heterocycles. The van der Waals surface area contributed by atoms with E-state index in [1.54, 1.807) is 24.3 Å². The minimum absolute atomic E-state index is 0.262. The van der Waals surface area contributed by atoms with Crippen LogP contribution in [0.4, 0.5) is 0 Å². The fraction of sp³-hybridized carbons (Fsp3) is 0. The largest absolute Gasteiger partial charge is 0.563 e. The Kier molecular flexibility index (Phi) is 4.70. The van der Waals surface area contributed by atoms with Crippen LogP contribution in [-0.4, -0.2) is 0 Å². The average molecular weight is 322 g/mol. The van der Waals surface area contributed by atoms with Gasteiger partial charge < -0.3 is 4.52 Å². The maximum Gasteiger partial charge on any atom is 0.563 e. The number of hydrogen-bond acceptors (Lipinski definition) is 4. The molecule has 1 aromatic carbocycles. The number of benzene rings is 1. The summed E-state index contributed by atoms with van der Waals surface area (Å²) >= 11 is 13.0. The Morgan fingerprint density at radius 2 is 1.64 bits per heavy atom. The van der Waals surface area contributed by atoms with Gasteiger partial charge in [-0.25, -0.2) is 4.57 Å². The number of halogens is 3. The van der Waals surface area contributed by atoms with Crippen LogP contribution in [0.1, 0.15) is 0 Å². The van der Waals surface area contributed by atoms with Crippen molar-refractivity contribution >= 4 is 47.5 Å². The molecule has 1 rings (SSSR count). The molecule has 4 nitrogen and oxygen atoms in total. The van der Waals surface area contributed by atoms with E-state index in [1.807, 2.05) is 0 Å². The van der Waals surface area contributed by atoms with Crippen LogP contribution in [0, 0.1) is 0 Å². The molecule has 0 fully saturated rings. The van der Waals surface area contributed by atoms with Crippen LogP contribution >= 0.6 is 47.5 Å². The van der Waals surface area contributed by atoms with E-state index in [0.717, 1.165) is 4.47 Å². The highest BCUT2D eigenvalue weighted by Crippen LogP contribution is 2.51. The van der Waals surface area contributed by atoms with Gasteiger partial charge in [0.15, 0.2) is 0 Å². The van der Waals surface area contributed by atoms with Crippen molar-refractivity contribution in [1.82, 2.24) is 0 Å². The van der Waals surface area contributed by atoms with Gasteiger partial charge in [0.2, 0.25) is 0 Å². The Morgan fingerprint density at radius 3 is 2.07 bits per heavy atom. The zero-order valence-corrected chi connectivity index (χ0v) is 10.5. The van der Waals surface area contributed by atoms with E-state index in [0.29, 0.717) is 0 Å². The monoisotopic (exact) mass is 320 g/mol. The molecule has 0 aliphatic carbocycles. The van der Waals surface area contributed by atoms with Gasteiger partial charge in [0.1, 0.15) is 5.75 Å². The first-order valence-corrected chi connectivity index (χ1v) is 6.12. The minimum atomic E-state index is -3.90. The third-order valence-electron chi connectivity index (χ3n) is 1.20. The molecule has 0 unspecified atom stereocenters. The Hall–Kier alpha value is 0.230. The van der Waals surface area contributed by atoms with E-state index in [2.05, 4.69) is 24.1 Å². The van der Waals surface area contributed by atoms with Crippen molar-refractivity contribution in [3.05, 3.63) is 28.7 Å². The smallest absolute Gasteiger partial charge is 0.402 e. The lowest BCUT2D eigenvalue weighted by molar-refractivity contribution is 0.318. The van der Waals surface area contributed by atoms with Crippen LogP contribution in [0.15, 0.2) is 28.7 Å². The number of rotatable bonds is 4. The summed E-state index contributed by atoms with van der Waals surface area (Å²) in [5, 5.41) is 0. The Bertz CT molecular complexity index is 336. The lowest BCUT2D eigenvalue weighted by atomic mass is 10.3. The highest BCUT2D eigenvalue weighted by molar-refractivity contribution is 9.10. The molecule has 0 spiro atoms. The summed E-state index contributed by atoms with van der Waals surface area (Å²) in [6, 6.07) is 6.45. The first-order chi connectivity index (χ1) is 6.59. The third kappa shape index (κ3) is 3.42. The van der Waals surface area contributed by atoms with Crippen LogP contribution in [0.2, 0.25) is 0 Å². The Labute approximate surface area is 99.1 Å². The van der Waals surface area contributed by atoms with Crippen molar-refractivity contribution in [2.45, 2.75) is 0 Å². The zero-order valence-electron chi connectivity index (χ0n) is 6.52. The maximum absolute atomic E-state index is 11.3. The van der Waals surface area contributed by atoms with E-state index in [-0.39, 0.29) is 5.75 Å². The van der Waals surface area contributed by atoms with E-state index < -0.39 is 7.82 Å². The normalized spacial score (nSPS) is 11.4. The van der Waals surface area contributed by atoms with Gasteiger partial charge in [-0.05, 0) is 24.3 Å². The highest BCUT2D eigenvalue weighted by atomic mass is 79.9. The van der Waals surface area contributed by atoms with Crippen molar-refractivity contribution in [2.24, 2.45) is 0 Å². The van der Waals surface area contributed by atoms with Crippen molar-refractivity contribution in [1.29, 1.82) is 0 Å². The van der Waals surface area contributed by atoms with Crippen LogP contribution in [0.25, 0.3) is 0 Å². The van der Waals surface area contributed by atoms with E-state index in [9.17, 15) is 4.57 Å². The van der Waals surface area contributed by atoms with Crippen LogP contribution in [0.3, 0.4) is 0 Å². The second-order valence-electron chi connectivity index (χ2n) is 2.13. The zero-order chi connectivity index (χ0) is 10.6. The standard InChI is InChI=1S/C6H4BrCl2O4P/c7-5-1-3-6(4-2-5)11-14(10,12-8)13-9/h1-4H. The average Bonchev–Trinajstić information content (AvgIpc) is 2.21. The fourth-order valence-corrected chi connectivity index (χ4v) is 1.81. The van der Waals surface area contributed by atoms with Crippen molar-refractivity contribution in [3.8, 4) is 5.75 Å². The van der Waals surface area contributed by atoms with Gasteiger partial charge in [0.25, 0.3) is 0 Å². The van der Waals surface area contributed by atoms with E-state index in [4.69, 9.17) is 28.3 Å². The molecule has 78 valence electrons. The molecular weight excluding hydrogens is 318 g/mol. The molecule has 0 saturated heterocycles. The second kappa shape index (κ2) is 5.35. The molecule has 0 bridgehead atoms. The van der Waals surface area contributed by atoms with Crippen molar-refractivity contribution in [2.75, 3.05) is 0 Å². The van der Waals surface area contributed by atoms with Crippen molar-refractivity contribution < 1.29 is 17.2 Å². The molecule has 0 atom stereocenters. The summed E-state index contributed by atoms with van der Waals surface area (Å²) in [5.41, 5.74) is 0. The molecule has 0 amide bonds. The molecule has 0 saturated carbocycles. The molecular formula is C6H4BrCl2O4P. The molecule has 0 radical (unpaired) electrons. The molecule has 8 heteroatoms. The lowest BCUT2D eigenvalue weighted by Crippen LogP contribution is -1.92. The number of hydrogen-bond donors (Lipinski definition) is 0. The van der Waals surface area contributed by atoms with Gasteiger partial charge in [-0.1, -0.05) is 15.9 Å². The summed E-state index contributed by atoms with van der Waals surface area (Å²) in [4.78, 5) is 0. The molecule has 1 aromatic rings. The summed E-state index contributed by atoms with van der Waals surface area (Å²) in [5.74, 6) is 0.262. The minimum Gasteiger partial charge on any atom is -0.402 e. The first kappa shape index (κ1) is 12.3. The molecule has 0 aromatic heterocycles. The summed E-state index contributed by atoms with van der Waals surface area (Å²) in [6.07, 6.45) is 0. The van der Waals surface area contributed by atoms with Gasteiger partial charge in [-0.3, -0.25) is 0 Å². The van der Waals surface area contributed by atoms with Crippen LogP contribution in [-0.2, 0) is 12.7 Å². The Balaban J connectivity index is 2.78. The summed E-state index contributed by atoms with van der Waals surface area (Å²) < 4.78 is 24.8. The van der Waals surface area contributed by atoms with Gasteiger partial charge in [0.05, 0.1) is 23.7 Å². The highest BCUT2D eigenvalue weighted by Gasteiger charge is 2.28. The fourth-order valence-electron chi connectivity index (χ4n) is 0.663. The molecule has 14 heavy (non-hydrogen) atoms. The van der Waals surface area contributed by atoms with Gasteiger partial charge >= 0.3 is 7.82 Å². The van der Waals surface area contributed by atoms with E-state index in [1.165, 1.54) is 0 Å². The quantitative estimate of drug-likeness (QED) is 0.776. The molecule has 0 N–H and O–H groups in total. The van der Waals surface area contributed by atoms with Gasteiger partial charge in [-0.2, -0.15) is 8.15 Å². The predicted octanol–water partition coefficient (Wildman–Crippen LogP) is 4.28. The third-order valence-corrected chi connectivity index (χ3v) is 3.52. The van der Waals surface area contributed by atoms with E-state index >= 15 is 0 Å². The van der Waals surface area contributed by atoms with Gasteiger partial charge in [0, 0.05) is 4.47 Å². The van der Waals surface area contributed by atoms with Crippen LogP contribution < -0.4 is 4.52 Å². The topological polar surface area (TPSA) is 44.8 Å². The SMILES string of the molecule is O=P(OCl)(OCl)Oc1ccc(Br)cc1. The van der Waals surface area contributed by atoms with Crippen LogP contribution in [0.5, 0.6) is 5.75 Å². The molecule has 0 aliphatic rings. The lowest BCUT2D eigenvalue weighted by Gasteiger charge is -2.10. The first-order valence-electron chi connectivity index (χ1n) is 3.25. The summed E-state index contributed by atoms with van der Waals surface area (Å²) in [7, 11) is -3.90. The van der Waals surface area contributed by atoms with Gasteiger partial charge in [-0.15, -0.1) is 0 Å². The summed E-state index contributed by atoms with van der Waals surface area (Å²) in [6.45, 7) is 0. The maximum atomic E-state index is 11.3. The predicted molar refractivity (Wildman–Crippen MR) is 56.3 cm³/mol. The Morgan fingerprint density at radius 1 is 1.14 bits per heavy atom. The van der Waals surface area contributed by atoms with Crippen molar-refractivity contribution in [3.63, 3.8) is 0 Å². The molecule has 0 aliphatic heterocycles. The second-order valence-corrected chi connectivity index (χ2v) is 5.23. The number of phosphoric acid groups is 1.